The standard InChI is InChI=1S/C7H9BrClN3O/c1-13-3-2-4-5(8)6(10)12-7(9)11-4/h2-3H2,1H3,(H2,10,11,12). The zero-order valence-electron chi connectivity index (χ0n) is 7.05. The molecule has 0 aromatic carbocycles. The van der Waals surface area contributed by atoms with Gasteiger partial charge in [0, 0.05) is 13.5 Å². The summed E-state index contributed by atoms with van der Waals surface area (Å²) in [5, 5.41) is 0.159. The molecule has 72 valence electrons. The summed E-state index contributed by atoms with van der Waals surface area (Å²) in [6.07, 6.45) is 0.656. The second-order valence-electron chi connectivity index (χ2n) is 2.38. The summed E-state index contributed by atoms with van der Waals surface area (Å²) in [7, 11) is 1.63. The van der Waals surface area contributed by atoms with Gasteiger partial charge < -0.3 is 10.5 Å². The minimum atomic E-state index is 0.159. The lowest BCUT2D eigenvalue weighted by molar-refractivity contribution is 0.201. The highest BCUT2D eigenvalue weighted by molar-refractivity contribution is 9.10. The van der Waals surface area contributed by atoms with Crippen LogP contribution in [0.1, 0.15) is 5.69 Å². The summed E-state index contributed by atoms with van der Waals surface area (Å²) < 4.78 is 5.60. The van der Waals surface area contributed by atoms with Crippen LogP contribution in [0.3, 0.4) is 0 Å². The Labute approximate surface area is 89.6 Å². The number of nitrogens with two attached hydrogens (primary N) is 1. The van der Waals surface area contributed by atoms with E-state index in [1.54, 1.807) is 7.11 Å². The SMILES string of the molecule is COCCc1nc(Cl)nc(N)c1Br. The number of nitrogen functional groups attached to an aromatic ring is 1. The number of halogens is 2. The van der Waals surface area contributed by atoms with Crippen molar-refractivity contribution in [3.05, 3.63) is 15.5 Å². The van der Waals surface area contributed by atoms with Gasteiger partial charge in [0.25, 0.3) is 0 Å². The van der Waals surface area contributed by atoms with Crippen LogP contribution in [-0.4, -0.2) is 23.7 Å². The topological polar surface area (TPSA) is 61.0 Å². The van der Waals surface area contributed by atoms with Crippen molar-refractivity contribution in [1.29, 1.82) is 0 Å². The van der Waals surface area contributed by atoms with Crippen LogP contribution in [0.15, 0.2) is 4.47 Å². The van der Waals surface area contributed by atoms with Gasteiger partial charge in [-0.25, -0.2) is 4.98 Å². The van der Waals surface area contributed by atoms with E-state index < -0.39 is 0 Å². The van der Waals surface area contributed by atoms with Gasteiger partial charge >= 0.3 is 0 Å². The molecule has 4 nitrogen and oxygen atoms in total. The number of hydrogen-bond donors (Lipinski definition) is 1. The third-order valence-electron chi connectivity index (χ3n) is 1.46. The molecule has 0 atom stereocenters. The lowest BCUT2D eigenvalue weighted by Gasteiger charge is -2.04. The monoisotopic (exact) mass is 265 g/mol. The Balaban J connectivity index is 2.92. The smallest absolute Gasteiger partial charge is 0.224 e. The Morgan fingerprint density at radius 3 is 2.85 bits per heavy atom. The maximum Gasteiger partial charge on any atom is 0.224 e. The van der Waals surface area contributed by atoms with Gasteiger partial charge in [0.2, 0.25) is 5.28 Å². The van der Waals surface area contributed by atoms with E-state index in [-0.39, 0.29) is 5.28 Å². The van der Waals surface area contributed by atoms with Crippen LogP contribution in [0.5, 0.6) is 0 Å². The second-order valence-corrected chi connectivity index (χ2v) is 3.51. The first-order chi connectivity index (χ1) is 6.15. The molecule has 1 aromatic heterocycles. The average molecular weight is 267 g/mol. The predicted molar refractivity (Wildman–Crippen MR) is 54.7 cm³/mol. The number of nitrogens with zero attached hydrogens (tertiary/aromatic N) is 2. The second kappa shape index (κ2) is 4.74. The highest BCUT2D eigenvalue weighted by atomic mass is 79.9. The van der Waals surface area contributed by atoms with Gasteiger partial charge in [0.15, 0.2) is 0 Å². The van der Waals surface area contributed by atoms with Gasteiger partial charge in [-0.3, -0.25) is 0 Å². The summed E-state index contributed by atoms with van der Waals surface area (Å²) in [5.41, 5.74) is 6.33. The van der Waals surface area contributed by atoms with Crippen LogP contribution in [0, 0.1) is 0 Å². The van der Waals surface area contributed by atoms with Gasteiger partial charge in [-0.1, -0.05) is 0 Å². The van der Waals surface area contributed by atoms with Crippen molar-refractivity contribution in [1.82, 2.24) is 9.97 Å². The molecule has 0 spiro atoms. The highest BCUT2D eigenvalue weighted by Crippen LogP contribution is 2.22. The number of aromatic nitrogens is 2. The zero-order chi connectivity index (χ0) is 9.84. The summed E-state index contributed by atoms with van der Waals surface area (Å²) >= 11 is 8.92. The van der Waals surface area contributed by atoms with Crippen molar-refractivity contribution in [3.8, 4) is 0 Å². The lowest BCUT2D eigenvalue weighted by atomic mass is 10.3. The molecule has 1 heterocycles. The maximum absolute atomic E-state index is 5.64. The van der Waals surface area contributed by atoms with E-state index in [1.165, 1.54) is 0 Å². The van der Waals surface area contributed by atoms with Gasteiger partial charge in [-0.2, -0.15) is 4.98 Å². The van der Waals surface area contributed by atoms with Crippen molar-refractivity contribution in [3.63, 3.8) is 0 Å². The van der Waals surface area contributed by atoms with Gasteiger partial charge in [0.1, 0.15) is 5.82 Å². The summed E-state index contributed by atoms with van der Waals surface area (Å²) in [5.74, 6) is 0.353. The lowest BCUT2D eigenvalue weighted by Crippen LogP contribution is -2.03. The highest BCUT2D eigenvalue weighted by Gasteiger charge is 2.08. The Morgan fingerprint density at radius 2 is 2.23 bits per heavy atom. The van der Waals surface area contributed by atoms with Gasteiger partial charge in [0.05, 0.1) is 16.8 Å². The Kier molecular flexibility index (Phi) is 3.90. The van der Waals surface area contributed by atoms with E-state index in [4.69, 9.17) is 22.1 Å². The number of rotatable bonds is 3. The summed E-state index contributed by atoms with van der Waals surface area (Å²) in [6, 6.07) is 0. The Morgan fingerprint density at radius 1 is 1.54 bits per heavy atom. The Bertz CT molecular complexity index is 308. The van der Waals surface area contributed by atoms with E-state index in [0.717, 1.165) is 5.69 Å². The van der Waals surface area contributed by atoms with Crippen molar-refractivity contribution >= 4 is 33.3 Å². The van der Waals surface area contributed by atoms with E-state index in [1.807, 2.05) is 0 Å². The first-order valence-electron chi connectivity index (χ1n) is 3.61. The molecule has 0 bridgehead atoms. The number of ether oxygens (including phenoxy) is 1. The molecule has 0 saturated carbocycles. The van der Waals surface area contributed by atoms with Gasteiger partial charge in [-0.15, -0.1) is 0 Å². The predicted octanol–water partition coefficient (Wildman–Crippen LogP) is 1.66. The first kappa shape index (κ1) is 10.7. The molecule has 2 N–H and O–H groups in total. The fourth-order valence-corrected chi connectivity index (χ4v) is 1.41. The van der Waals surface area contributed by atoms with Crippen LogP contribution < -0.4 is 5.73 Å². The van der Waals surface area contributed by atoms with Crippen molar-refractivity contribution in [2.45, 2.75) is 6.42 Å². The average Bonchev–Trinajstić information content (AvgIpc) is 2.09. The molecule has 0 unspecified atom stereocenters. The molecule has 0 aliphatic heterocycles. The van der Waals surface area contributed by atoms with Crippen LogP contribution >= 0.6 is 27.5 Å². The molecular weight excluding hydrogens is 257 g/mol. The minimum Gasteiger partial charge on any atom is -0.384 e. The molecule has 0 amide bonds. The van der Waals surface area contributed by atoms with Crippen molar-refractivity contribution in [2.75, 3.05) is 19.5 Å². The summed E-state index contributed by atoms with van der Waals surface area (Å²) in [4.78, 5) is 7.80. The molecule has 0 aliphatic carbocycles. The van der Waals surface area contributed by atoms with Crippen LogP contribution in [0.2, 0.25) is 5.28 Å². The normalized spacial score (nSPS) is 10.4. The van der Waals surface area contributed by atoms with Crippen molar-refractivity contribution < 1.29 is 4.74 Å². The maximum atomic E-state index is 5.64. The fourth-order valence-electron chi connectivity index (χ4n) is 0.846. The van der Waals surface area contributed by atoms with E-state index >= 15 is 0 Å². The molecule has 1 rings (SSSR count). The van der Waals surface area contributed by atoms with Crippen LogP contribution in [0.25, 0.3) is 0 Å². The number of hydrogen-bond acceptors (Lipinski definition) is 4. The largest absolute Gasteiger partial charge is 0.384 e. The Hall–Kier alpha value is -0.390. The quantitative estimate of drug-likeness (QED) is 0.845. The number of anilines is 1. The van der Waals surface area contributed by atoms with Crippen LogP contribution in [-0.2, 0) is 11.2 Å². The molecule has 0 aliphatic rings. The van der Waals surface area contributed by atoms with E-state index in [2.05, 4.69) is 25.9 Å². The molecule has 0 saturated heterocycles. The fraction of sp³-hybridized carbons (Fsp3) is 0.429. The number of methoxy groups -OCH3 is 1. The molecule has 1 aromatic rings. The molecule has 6 heteroatoms. The third kappa shape index (κ3) is 2.79. The zero-order valence-corrected chi connectivity index (χ0v) is 9.39. The van der Waals surface area contributed by atoms with Crippen LogP contribution in [0.4, 0.5) is 5.82 Å². The minimum absolute atomic E-state index is 0.159. The first-order valence-corrected chi connectivity index (χ1v) is 4.78. The molecule has 0 fully saturated rings. The van der Waals surface area contributed by atoms with E-state index in [0.29, 0.717) is 23.3 Å². The molecule has 0 radical (unpaired) electrons. The summed E-state index contributed by atoms with van der Waals surface area (Å²) in [6.45, 7) is 0.575. The third-order valence-corrected chi connectivity index (χ3v) is 2.49. The molecule has 13 heavy (non-hydrogen) atoms. The van der Waals surface area contributed by atoms with E-state index in [9.17, 15) is 0 Å². The van der Waals surface area contributed by atoms with Crippen molar-refractivity contribution in [2.24, 2.45) is 0 Å². The van der Waals surface area contributed by atoms with Gasteiger partial charge in [-0.05, 0) is 27.5 Å². The molecular formula is C7H9BrClN3O.